The van der Waals surface area contributed by atoms with E-state index >= 15 is 0 Å². The first-order valence-corrected chi connectivity index (χ1v) is 5.75. The average molecular weight is 212 g/mol. The fourth-order valence-electron chi connectivity index (χ4n) is 2.69. The maximum absolute atomic E-state index is 5.88. The molecule has 3 rings (SSSR count). The standard InChI is InChI=1S/C14H16N2/c15-13-3-1-9-5-12-8-14(16)4-2-10(12)6-11(9)7-13/h1-3,7-8,12H,4-6,15-16H2. The molecule has 2 aliphatic rings. The highest BCUT2D eigenvalue weighted by molar-refractivity contribution is 5.49. The summed E-state index contributed by atoms with van der Waals surface area (Å²) >= 11 is 0. The van der Waals surface area contributed by atoms with Gasteiger partial charge >= 0.3 is 0 Å². The van der Waals surface area contributed by atoms with Gasteiger partial charge in [-0.15, -0.1) is 0 Å². The van der Waals surface area contributed by atoms with Crippen LogP contribution < -0.4 is 11.5 Å². The Morgan fingerprint density at radius 1 is 1.12 bits per heavy atom. The minimum Gasteiger partial charge on any atom is -0.402 e. The van der Waals surface area contributed by atoms with Crippen molar-refractivity contribution in [3.63, 3.8) is 0 Å². The molecule has 0 fully saturated rings. The Kier molecular flexibility index (Phi) is 2.03. The SMILES string of the molecule is NC1=CC2Cc3ccc(N)cc3CC2=CC1. The zero-order chi connectivity index (χ0) is 11.1. The van der Waals surface area contributed by atoms with E-state index in [0.29, 0.717) is 5.92 Å². The molecule has 1 aromatic rings. The van der Waals surface area contributed by atoms with Gasteiger partial charge < -0.3 is 11.5 Å². The third-order valence-electron chi connectivity index (χ3n) is 3.56. The van der Waals surface area contributed by atoms with Crippen molar-refractivity contribution in [2.24, 2.45) is 11.7 Å². The van der Waals surface area contributed by atoms with E-state index in [9.17, 15) is 0 Å². The summed E-state index contributed by atoms with van der Waals surface area (Å²) in [5.41, 5.74) is 17.9. The topological polar surface area (TPSA) is 52.0 Å². The van der Waals surface area contributed by atoms with Crippen LogP contribution in [0.3, 0.4) is 0 Å². The number of fused-ring (bicyclic) bond motifs is 2. The number of hydrogen-bond donors (Lipinski definition) is 2. The third kappa shape index (κ3) is 1.51. The summed E-state index contributed by atoms with van der Waals surface area (Å²) in [7, 11) is 0. The first kappa shape index (κ1) is 9.52. The number of nitrogen functional groups attached to an aromatic ring is 1. The molecule has 2 aliphatic carbocycles. The highest BCUT2D eigenvalue weighted by Crippen LogP contribution is 2.34. The van der Waals surface area contributed by atoms with Crippen molar-refractivity contribution in [2.45, 2.75) is 19.3 Å². The predicted octanol–water partition coefficient (Wildman–Crippen LogP) is 2.16. The Labute approximate surface area is 95.6 Å². The van der Waals surface area contributed by atoms with Gasteiger partial charge in [0.05, 0.1) is 0 Å². The van der Waals surface area contributed by atoms with Crippen LogP contribution in [0.15, 0.2) is 41.6 Å². The van der Waals surface area contributed by atoms with Crippen LogP contribution in [0.2, 0.25) is 0 Å². The molecule has 0 amide bonds. The maximum Gasteiger partial charge on any atom is 0.0317 e. The summed E-state index contributed by atoms with van der Waals surface area (Å²) in [6, 6.07) is 6.25. The molecular weight excluding hydrogens is 196 g/mol. The van der Waals surface area contributed by atoms with E-state index in [2.05, 4.69) is 24.3 Å². The van der Waals surface area contributed by atoms with E-state index in [0.717, 1.165) is 30.6 Å². The molecule has 1 unspecified atom stereocenters. The van der Waals surface area contributed by atoms with Crippen LogP contribution in [0.5, 0.6) is 0 Å². The molecule has 1 aromatic carbocycles. The van der Waals surface area contributed by atoms with Crippen LogP contribution in [0.1, 0.15) is 17.5 Å². The molecule has 0 aromatic heterocycles. The van der Waals surface area contributed by atoms with Crippen molar-refractivity contribution in [2.75, 3.05) is 5.73 Å². The normalized spacial score (nSPS) is 22.9. The number of hydrogen-bond acceptors (Lipinski definition) is 2. The number of anilines is 1. The molecule has 2 heteroatoms. The van der Waals surface area contributed by atoms with Gasteiger partial charge in [0, 0.05) is 23.7 Å². The molecule has 4 N–H and O–H groups in total. The highest BCUT2D eigenvalue weighted by Gasteiger charge is 2.23. The predicted molar refractivity (Wildman–Crippen MR) is 66.7 cm³/mol. The van der Waals surface area contributed by atoms with E-state index in [-0.39, 0.29) is 0 Å². The van der Waals surface area contributed by atoms with Gasteiger partial charge in [0.2, 0.25) is 0 Å². The van der Waals surface area contributed by atoms with Gasteiger partial charge in [-0.05, 0) is 36.1 Å². The molecule has 0 bridgehead atoms. The summed E-state index contributed by atoms with van der Waals surface area (Å²) in [6.07, 6.45) is 7.52. The van der Waals surface area contributed by atoms with Gasteiger partial charge in [0.25, 0.3) is 0 Å². The molecule has 0 saturated carbocycles. The first-order chi connectivity index (χ1) is 7.72. The smallest absolute Gasteiger partial charge is 0.0317 e. The lowest BCUT2D eigenvalue weighted by molar-refractivity contribution is 0.666. The molecule has 82 valence electrons. The summed E-state index contributed by atoms with van der Waals surface area (Å²) < 4.78 is 0. The lowest BCUT2D eigenvalue weighted by atomic mass is 9.77. The molecule has 0 saturated heterocycles. The first-order valence-electron chi connectivity index (χ1n) is 5.75. The minimum absolute atomic E-state index is 0.518. The number of rotatable bonds is 0. The van der Waals surface area contributed by atoms with Crippen LogP contribution in [0.4, 0.5) is 5.69 Å². The third-order valence-corrected chi connectivity index (χ3v) is 3.56. The van der Waals surface area contributed by atoms with Crippen LogP contribution in [0, 0.1) is 5.92 Å². The van der Waals surface area contributed by atoms with Crippen molar-refractivity contribution < 1.29 is 0 Å². The lowest BCUT2D eigenvalue weighted by Crippen LogP contribution is -2.20. The molecule has 0 heterocycles. The van der Waals surface area contributed by atoms with E-state index in [4.69, 9.17) is 11.5 Å². The van der Waals surface area contributed by atoms with E-state index in [1.54, 1.807) is 0 Å². The maximum atomic E-state index is 5.88. The Morgan fingerprint density at radius 2 is 2.00 bits per heavy atom. The van der Waals surface area contributed by atoms with Gasteiger partial charge in [-0.2, -0.15) is 0 Å². The van der Waals surface area contributed by atoms with Crippen molar-refractivity contribution in [3.8, 4) is 0 Å². The number of benzene rings is 1. The fraction of sp³-hybridized carbons (Fsp3) is 0.286. The summed E-state index contributed by atoms with van der Waals surface area (Å²) in [5, 5.41) is 0. The van der Waals surface area contributed by atoms with Crippen LogP contribution >= 0.6 is 0 Å². The lowest BCUT2D eigenvalue weighted by Gasteiger charge is -2.28. The van der Waals surface area contributed by atoms with Crippen LogP contribution in [0.25, 0.3) is 0 Å². The van der Waals surface area contributed by atoms with Gasteiger partial charge in [0.1, 0.15) is 0 Å². The molecule has 0 spiro atoms. The molecular formula is C14H16N2. The van der Waals surface area contributed by atoms with E-state index in [1.807, 2.05) is 6.07 Å². The molecule has 0 aliphatic heterocycles. The van der Waals surface area contributed by atoms with E-state index < -0.39 is 0 Å². The molecule has 1 atom stereocenters. The zero-order valence-corrected chi connectivity index (χ0v) is 9.24. The minimum atomic E-state index is 0.518. The second-order valence-electron chi connectivity index (χ2n) is 4.74. The van der Waals surface area contributed by atoms with Gasteiger partial charge in [-0.3, -0.25) is 0 Å². The van der Waals surface area contributed by atoms with Crippen LogP contribution in [-0.2, 0) is 12.8 Å². The summed E-state index contributed by atoms with van der Waals surface area (Å²) in [5.74, 6) is 0.518. The Balaban J connectivity index is 2.01. The molecule has 16 heavy (non-hydrogen) atoms. The summed E-state index contributed by atoms with van der Waals surface area (Å²) in [6.45, 7) is 0. The fourth-order valence-corrected chi connectivity index (χ4v) is 2.69. The number of nitrogens with two attached hydrogens (primary N) is 2. The van der Waals surface area contributed by atoms with E-state index in [1.165, 1.54) is 16.7 Å². The molecule has 2 nitrogen and oxygen atoms in total. The second kappa shape index (κ2) is 3.41. The van der Waals surface area contributed by atoms with Gasteiger partial charge in [0.15, 0.2) is 0 Å². The largest absolute Gasteiger partial charge is 0.402 e. The summed E-state index contributed by atoms with van der Waals surface area (Å²) in [4.78, 5) is 0. The monoisotopic (exact) mass is 212 g/mol. The van der Waals surface area contributed by atoms with Crippen molar-refractivity contribution in [1.29, 1.82) is 0 Å². The van der Waals surface area contributed by atoms with Crippen molar-refractivity contribution >= 4 is 5.69 Å². The zero-order valence-electron chi connectivity index (χ0n) is 9.24. The quantitative estimate of drug-likeness (QED) is 0.511. The Bertz CT molecular complexity index is 497. The molecule has 0 radical (unpaired) electrons. The number of allylic oxidation sites excluding steroid dienone is 3. The van der Waals surface area contributed by atoms with Crippen molar-refractivity contribution in [3.05, 3.63) is 52.7 Å². The Hall–Kier alpha value is -1.70. The Morgan fingerprint density at radius 3 is 2.88 bits per heavy atom. The second-order valence-corrected chi connectivity index (χ2v) is 4.74. The van der Waals surface area contributed by atoms with Gasteiger partial charge in [-0.1, -0.05) is 23.8 Å². The van der Waals surface area contributed by atoms with Crippen molar-refractivity contribution in [1.82, 2.24) is 0 Å². The van der Waals surface area contributed by atoms with Gasteiger partial charge in [-0.25, -0.2) is 0 Å². The van der Waals surface area contributed by atoms with Crippen LogP contribution in [-0.4, -0.2) is 0 Å². The average Bonchev–Trinajstić information content (AvgIpc) is 2.26. The highest BCUT2D eigenvalue weighted by atomic mass is 14.6.